The van der Waals surface area contributed by atoms with Crippen molar-refractivity contribution in [1.29, 1.82) is 0 Å². The van der Waals surface area contributed by atoms with Crippen LogP contribution >= 0.6 is 0 Å². The first-order valence-corrected chi connectivity index (χ1v) is 8.99. The molecule has 3 heterocycles. The van der Waals surface area contributed by atoms with Gasteiger partial charge in [0, 0.05) is 56.9 Å². The van der Waals surface area contributed by atoms with E-state index in [1.54, 1.807) is 6.20 Å². The molecule has 4 rings (SSSR count). The summed E-state index contributed by atoms with van der Waals surface area (Å²) in [5.74, 6) is 0.776. The van der Waals surface area contributed by atoms with Crippen molar-refractivity contribution in [2.45, 2.75) is 0 Å². The zero-order valence-corrected chi connectivity index (χ0v) is 15.0. The highest BCUT2D eigenvalue weighted by Gasteiger charge is 2.11. The number of ether oxygens (including phenoxy) is 1. The third-order valence-electron chi connectivity index (χ3n) is 4.68. The zero-order chi connectivity index (χ0) is 17.8. The van der Waals surface area contributed by atoms with Crippen molar-refractivity contribution in [3.8, 4) is 11.3 Å². The lowest BCUT2D eigenvalue weighted by molar-refractivity contribution is 0.0398. The van der Waals surface area contributed by atoms with Crippen LogP contribution in [-0.2, 0) is 4.74 Å². The summed E-state index contributed by atoms with van der Waals surface area (Å²) in [6.45, 7) is 5.67. The summed E-state index contributed by atoms with van der Waals surface area (Å²) in [6, 6.07) is 8.46. The molecule has 0 saturated carbocycles. The van der Waals surface area contributed by atoms with Crippen molar-refractivity contribution in [2.75, 3.05) is 57.1 Å². The van der Waals surface area contributed by atoms with E-state index in [0.717, 1.165) is 67.8 Å². The maximum atomic E-state index is 5.39. The first-order chi connectivity index (χ1) is 12.8. The summed E-state index contributed by atoms with van der Waals surface area (Å²) in [7, 11) is 1.86. The smallest absolute Gasteiger partial charge is 0.180 e. The van der Waals surface area contributed by atoms with Crippen molar-refractivity contribution in [3.63, 3.8) is 0 Å². The Kier molecular flexibility index (Phi) is 4.99. The van der Waals surface area contributed by atoms with Crippen LogP contribution in [0, 0.1) is 0 Å². The second-order valence-electron chi connectivity index (χ2n) is 6.32. The summed E-state index contributed by atoms with van der Waals surface area (Å²) >= 11 is 0. The fraction of sp³-hybridized carbons (Fsp3) is 0.368. The maximum Gasteiger partial charge on any atom is 0.180 e. The fourth-order valence-electron chi connectivity index (χ4n) is 3.28. The summed E-state index contributed by atoms with van der Waals surface area (Å²) in [6.07, 6.45) is 5.62. The molecule has 0 atom stereocenters. The monoisotopic (exact) mass is 352 g/mol. The van der Waals surface area contributed by atoms with Gasteiger partial charge in [-0.05, 0) is 12.1 Å². The van der Waals surface area contributed by atoms with Crippen LogP contribution in [0.15, 0.2) is 42.9 Å². The molecule has 1 saturated heterocycles. The molecule has 3 aromatic rings. The van der Waals surface area contributed by atoms with Gasteiger partial charge in [-0.3, -0.25) is 9.30 Å². The minimum atomic E-state index is 0.776. The van der Waals surface area contributed by atoms with Crippen LogP contribution in [0.4, 0.5) is 11.5 Å². The fourth-order valence-corrected chi connectivity index (χ4v) is 3.28. The minimum Gasteiger partial charge on any atom is -0.384 e. The van der Waals surface area contributed by atoms with Crippen molar-refractivity contribution in [3.05, 3.63) is 42.9 Å². The van der Waals surface area contributed by atoms with Crippen molar-refractivity contribution >= 4 is 17.2 Å². The molecule has 7 heteroatoms. The SMILES string of the molecule is CNc1nccn2c(-c3cccc(NCCN4CCOCC4)c3)cnc12. The second kappa shape index (κ2) is 7.72. The first kappa shape index (κ1) is 16.8. The molecular weight excluding hydrogens is 328 g/mol. The van der Waals surface area contributed by atoms with E-state index in [9.17, 15) is 0 Å². The summed E-state index contributed by atoms with van der Waals surface area (Å²) in [5.41, 5.74) is 4.13. The number of benzene rings is 1. The van der Waals surface area contributed by atoms with Crippen molar-refractivity contribution < 1.29 is 4.74 Å². The van der Waals surface area contributed by atoms with E-state index >= 15 is 0 Å². The highest BCUT2D eigenvalue weighted by Crippen LogP contribution is 2.25. The molecule has 1 aromatic carbocycles. The number of morpholine rings is 1. The van der Waals surface area contributed by atoms with E-state index in [2.05, 4.69) is 54.2 Å². The second-order valence-corrected chi connectivity index (χ2v) is 6.32. The van der Waals surface area contributed by atoms with Crippen molar-refractivity contribution in [2.24, 2.45) is 0 Å². The van der Waals surface area contributed by atoms with E-state index < -0.39 is 0 Å². The molecule has 0 radical (unpaired) electrons. The quantitative estimate of drug-likeness (QED) is 0.709. The number of imidazole rings is 1. The Balaban J connectivity index is 1.49. The molecule has 7 nitrogen and oxygen atoms in total. The summed E-state index contributed by atoms with van der Waals surface area (Å²) in [4.78, 5) is 11.3. The Hall–Kier alpha value is -2.64. The Morgan fingerprint density at radius 3 is 2.92 bits per heavy atom. The highest BCUT2D eigenvalue weighted by molar-refractivity contribution is 5.72. The Bertz CT molecular complexity index is 871. The van der Waals surface area contributed by atoms with Gasteiger partial charge in [-0.2, -0.15) is 0 Å². The summed E-state index contributed by atoms with van der Waals surface area (Å²) in [5, 5.41) is 6.61. The molecule has 1 fully saturated rings. The average molecular weight is 352 g/mol. The molecule has 26 heavy (non-hydrogen) atoms. The molecule has 0 aliphatic carbocycles. The third-order valence-corrected chi connectivity index (χ3v) is 4.68. The van der Waals surface area contributed by atoms with Crippen LogP contribution < -0.4 is 10.6 Å². The molecule has 0 unspecified atom stereocenters. The van der Waals surface area contributed by atoms with Crippen LogP contribution in [-0.4, -0.2) is 65.7 Å². The number of hydrogen-bond acceptors (Lipinski definition) is 6. The van der Waals surface area contributed by atoms with Crippen LogP contribution in [0.3, 0.4) is 0 Å². The minimum absolute atomic E-state index is 0.776. The van der Waals surface area contributed by atoms with Crippen LogP contribution in [0.25, 0.3) is 16.9 Å². The Labute approximate surface area is 153 Å². The number of nitrogens with one attached hydrogen (secondary N) is 2. The Morgan fingerprint density at radius 2 is 2.08 bits per heavy atom. The number of hydrogen-bond donors (Lipinski definition) is 2. The lowest BCUT2D eigenvalue weighted by Crippen LogP contribution is -2.38. The first-order valence-electron chi connectivity index (χ1n) is 8.99. The van der Waals surface area contributed by atoms with Gasteiger partial charge in [-0.1, -0.05) is 12.1 Å². The molecule has 1 aliphatic rings. The molecular formula is C19H24N6O. The number of aromatic nitrogens is 3. The molecule has 0 spiro atoms. The van der Waals surface area contributed by atoms with E-state index in [-0.39, 0.29) is 0 Å². The number of anilines is 2. The van der Waals surface area contributed by atoms with Gasteiger partial charge < -0.3 is 15.4 Å². The van der Waals surface area contributed by atoms with Crippen LogP contribution in [0.5, 0.6) is 0 Å². The van der Waals surface area contributed by atoms with Gasteiger partial charge >= 0.3 is 0 Å². The predicted molar refractivity (Wildman–Crippen MR) is 104 cm³/mol. The van der Waals surface area contributed by atoms with Gasteiger partial charge in [0.2, 0.25) is 0 Å². The predicted octanol–water partition coefficient (Wildman–Crippen LogP) is 2.18. The summed E-state index contributed by atoms with van der Waals surface area (Å²) < 4.78 is 7.45. The van der Waals surface area contributed by atoms with E-state index in [0.29, 0.717) is 0 Å². The standard InChI is InChI=1S/C19H24N6O/c1-20-18-19-23-14-17(25(19)8-6-22-18)15-3-2-4-16(13-15)21-5-7-24-9-11-26-12-10-24/h2-4,6,8,13-14,21H,5,7,9-12H2,1H3,(H,20,22). The lowest BCUT2D eigenvalue weighted by atomic mass is 10.1. The van der Waals surface area contributed by atoms with Crippen molar-refractivity contribution in [1.82, 2.24) is 19.3 Å². The topological polar surface area (TPSA) is 66.7 Å². The maximum absolute atomic E-state index is 5.39. The van der Waals surface area contributed by atoms with Gasteiger partial charge in [-0.25, -0.2) is 9.97 Å². The third kappa shape index (κ3) is 3.49. The number of nitrogens with zero attached hydrogens (tertiary/aromatic N) is 4. The normalized spacial score (nSPS) is 15.3. The number of fused-ring (bicyclic) bond motifs is 1. The van der Waals surface area contributed by atoms with E-state index in [4.69, 9.17) is 4.74 Å². The molecule has 2 aromatic heterocycles. The van der Waals surface area contributed by atoms with Gasteiger partial charge in [0.05, 0.1) is 25.1 Å². The van der Waals surface area contributed by atoms with Gasteiger partial charge in [-0.15, -0.1) is 0 Å². The van der Waals surface area contributed by atoms with E-state index in [1.165, 1.54) is 0 Å². The molecule has 136 valence electrons. The highest BCUT2D eigenvalue weighted by atomic mass is 16.5. The van der Waals surface area contributed by atoms with Gasteiger partial charge in [0.25, 0.3) is 0 Å². The Morgan fingerprint density at radius 1 is 1.19 bits per heavy atom. The van der Waals surface area contributed by atoms with Crippen LogP contribution in [0.2, 0.25) is 0 Å². The van der Waals surface area contributed by atoms with Gasteiger partial charge in [0.15, 0.2) is 11.5 Å². The van der Waals surface area contributed by atoms with E-state index in [1.807, 2.05) is 19.4 Å². The molecule has 1 aliphatic heterocycles. The molecule has 0 bridgehead atoms. The van der Waals surface area contributed by atoms with Gasteiger partial charge in [0.1, 0.15) is 0 Å². The average Bonchev–Trinajstić information content (AvgIpc) is 3.13. The number of rotatable bonds is 6. The zero-order valence-electron chi connectivity index (χ0n) is 15.0. The molecule has 2 N–H and O–H groups in total. The largest absolute Gasteiger partial charge is 0.384 e. The molecule has 0 amide bonds. The van der Waals surface area contributed by atoms with Crippen LogP contribution in [0.1, 0.15) is 0 Å². The lowest BCUT2D eigenvalue weighted by Gasteiger charge is -2.26.